The van der Waals surface area contributed by atoms with E-state index in [9.17, 15) is 0 Å². The Hall–Kier alpha value is -2.29. The van der Waals surface area contributed by atoms with Gasteiger partial charge < -0.3 is 11.1 Å². The van der Waals surface area contributed by atoms with Crippen molar-refractivity contribution in [1.29, 1.82) is 0 Å². The van der Waals surface area contributed by atoms with E-state index in [1.54, 1.807) is 0 Å². The summed E-state index contributed by atoms with van der Waals surface area (Å²) in [6, 6.07) is 15.4. The second-order valence-electron chi connectivity index (χ2n) is 6.74. The highest BCUT2D eigenvalue weighted by molar-refractivity contribution is 5.92. The molecular formula is C20H23N3. The van der Waals surface area contributed by atoms with Crippen LogP contribution in [0, 0.1) is 6.92 Å². The highest BCUT2D eigenvalue weighted by Gasteiger charge is 2.39. The van der Waals surface area contributed by atoms with Crippen LogP contribution in [0.15, 0.2) is 47.5 Å². The summed E-state index contributed by atoms with van der Waals surface area (Å²) in [5.74, 6) is 1.06. The number of anilines is 1. The number of aryl methyl sites for hydroxylation is 3. The lowest BCUT2D eigenvalue weighted by Gasteiger charge is -2.08. The minimum absolute atomic E-state index is 0.318. The molecule has 3 N–H and O–H groups in total. The molecule has 0 aliphatic heterocycles. The molecule has 2 aromatic rings. The van der Waals surface area contributed by atoms with E-state index in [-0.39, 0.29) is 0 Å². The van der Waals surface area contributed by atoms with Crippen molar-refractivity contribution >= 4 is 11.6 Å². The minimum Gasteiger partial charge on any atom is -0.370 e. The fraction of sp³-hybridized carbons (Fsp3) is 0.350. The van der Waals surface area contributed by atoms with E-state index in [0.717, 1.165) is 12.1 Å². The first-order valence-corrected chi connectivity index (χ1v) is 8.48. The van der Waals surface area contributed by atoms with Gasteiger partial charge in [-0.2, -0.15) is 0 Å². The molecule has 3 nitrogen and oxygen atoms in total. The van der Waals surface area contributed by atoms with Gasteiger partial charge in [0, 0.05) is 11.6 Å². The molecule has 3 heteroatoms. The molecule has 2 atom stereocenters. The molecule has 1 fully saturated rings. The zero-order valence-corrected chi connectivity index (χ0v) is 13.5. The Morgan fingerprint density at radius 2 is 1.96 bits per heavy atom. The van der Waals surface area contributed by atoms with Crippen molar-refractivity contribution in [2.24, 2.45) is 10.7 Å². The number of aliphatic imine (C=N–C) groups is 1. The molecule has 0 spiro atoms. The standard InChI is InChI=1S/C20H23N3/c1-13-5-2-3-8-17(13)18-12-19(18)23-20(21)22-16-10-9-14-6-4-7-15(14)11-16/h2-3,5,8-11,18-19H,4,6-7,12H2,1H3,(H3,21,22,23). The van der Waals surface area contributed by atoms with Crippen LogP contribution in [0.5, 0.6) is 0 Å². The lowest BCUT2D eigenvalue weighted by atomic mass is 10.0. The minimum atomic E-state index is 0.318. The number of nitrogens with two attached hydrogens (primary N) is 1. The smallest absolute Gasteiger partial charge is 0.193 e. The highest BCUT2D eigenvalue weighted by Crippen LogP contribution is 2.44. The third-order valence-corrected chi connectivity index (χ3v) is 5.02. The molecule has 0 amide bonds. The Morgan fingerprint density at radius 3 is 2.83 bits per heavy atom. The van der Waals surface area contributed by atoms with E-state index in [1.807, 2.05) is 0 Å². The maximum Gasteiger partial charge on any atom is 0.193 e. The average molecular weight is 305 g/mol. The molecular weight excluding hydrogens is 282 g/mol. The number of hydrogen-bond acceptors (Lipinski definition) is 1. The number of guanidine groups is 1. The summed E-state index contributed by atoms with van der Waals surface area (Å²) in [5, 5.41) is 3.26. The van der Waals surface area contributed by atoms with E-state index in [4.69, 9.17) is 5.73 Å². The maximum atomic E-state index is 6.11. The summed E-state index contributed by atoms with van der Waals surface area (Å²) >= 11 is 0. The van der Waals surface area contributed by atoms with Gasteiger partial charge in [0.05, 0.1) is 6.04 Å². The van der Waals surface area contributed by atoms with Crippen LogP contribution >= 0.6 is 0 Å². The fourth-order valence-electron chi connectivity index (χ4n) is 3.67. The van der Waals surface area contributed by atoms with Crippen molar-refractivity contribution < 1.29 is 0 Å². The number of benzene rings is 2. The monoisotopic (exact) mass is 305 g/mol. The van der Waals surface area contributed by atoms with Crippen LogP contribution in [0.25, 0.3) is 0 Å². The first-order valence-electron chi connectivity index (χ1n) is 8.48. The first-order chi connectivity index (χ1) is 11.2. The van der Waals surface area contributed by atoms with Crippen molar-refractivity contribution in [2.75, 3.05) is 5.32 Å². The van der Waals surface area contributed by atoms with Crippen LogP contribution in [0.4, 0.5) is 5.69 Å². The Kier molecular flexibility index (Phi) is 3.56. The van der Waals surface area contributed by atoms with Crippen LogP contribution < -0.4 is 11.1 Å². The molecule has 118 valence electrons. The van der Waals surface area contributed by atoms with Crippen LogP contribution in [0.2, 0.25) is 0 Å². The van der Waals surface area contributed by atoms with Gasteiger partial charge in [-0.25, -0.2) is 4.99 Å². The highest BCUT2D eigenvalue weighted by atomic mass is 15.1. The van der Waals surface area contributed by atoms with E-state index >= 15 is 0 Å². The third-order valence-electron chi connectivity index (χ3n) is 5.02. The van der Waals surface area contributed by atoms with Crippen molar-refractivity contribution in [3.63, 3.8) is 0 Å². The molecule has 4 rings (SSSR count). The summed E-state index contributed by atoms with van der Waals surface area (Å²) < 4.78 is 0. The fourth-order valence-corrected chi connectivity index (χ4v) is 3.67. The van der Waals surface area contributed by atoms with Crippen LogP contribution in [-0.4, -0.2) is 12.0 Å². The third kappa shape index (κ3) is 2.96. The van der Waals surface area contributed by atoms with Gasteiger partial charge in [-0.1, -0.05) is 30.3 Å². The van der Waals surface area contributed by atoms with Crippen molar-refractivity contribution in [3.8, 4) is 0 Å². The van der Waals surface area contributed by atoms with E-state index in [2.05, 4.69) is 59.7 Å². The van der Waals surface area contributed by atoms with Gasteiger partial charge in [-0.15, -0.1) is 0 Å². The maximum absolute atomic E-state index is 6.11. The normalized spacial score (nSPS) is 22.7. The van der Waals surface area contributed by atoms with E-state index in [0.29, 0.717) is 17.9 Å². The second kappa shape index (κ2) is 5.73. The van der Waals surface area contributed by atoms with Gasteiger partial charge >= 0.3 is 0 Å². The van der Waals surface area contributed by atoms with Crippen molar-refractivity contribution in [3.05, 3.63) is 64.7 Å². The number of rotatable bonds is 3. The van der Waals surface area contributed by atoms with Gasteiger partial charge in [-0.3, -0.25) is 0 Å². The lowest BCUT2D eigenvalue weighted by molar-refractivity contribution is 0.912. The van der Waals surface area contributed by atoms with Crippen LogP contribution in [0.1, 0.15) is 41.0 Å². The molecule has 2 unspecified atom stereocenters. The Bertz CT molecular complexity index is 763. The number of hydrogen-bond donors (Lipinski definition) is 2. The predicted molar refractivity (Wildman–Crippen MR) is 96.0 cm³/mol. The van der Waals surface area contributed by atoms with Gasteiger partial charge in [0.2, 0.25) is 0 Å². The Labute approximate surface area is 137 Å². The van der Waals surface area contributed by atoms with Gasteiger partial charge in [0.1, 0.15) is 0 Å². The number of nitrogens with one attached hydrogen (secondary N) is 1. The number of nitrogens with zero attached hydrogens (tertiary/aromatic N) is 1. The summed E-state index contributed by atoms with van der Waals surface area (Å²) in [7, 11) is 0. The topological polar surface area (TPSA) is 50.4 Å². The molecule has 0 bridgehead atoms. The predicted octanol–water partition coefficient (Wildman–Crippen LogP) is 3.77. The van der Waals surface area contributed by atoms with E-state index < -0.39 is 0 Å². The summed E-state index contributed by atoms with van der Waals surface area (Å²) in [5.41, 5.74) is 12.9. The second-order valence-corrected chi connectivity index (χ2v) is 6.74. The number of fused-ring (bicyclic) bond motifs is 1. The summed E-state index contributed by atoms with van der Waals surface area (Å²) in [6.45, 7) is 2.17. The molecule has 2 aliphatic rings. The zero-order chi connectivity index (χ0) is 15.8. The lowest BCUT2D eigenvalue weighted by Crippen LogP contribution is -2.23. The summed E-state index contributed by atoms with van der Waals surface area (Å²) in [6.07, 6.45) is 4.75. The molecule has 23 heavy (non-hydrogen) atoms. The molecule has 0 heterocycles. The van der Waals surface area contributed by atoms with Crippen LogP contribution in [0.3, 0.4) is 0 Å². The molecule has 0 radical (unpaired) electrons. The molecule has 1 saturated carbocycles. The Morgan fingerprint density at radius 1 is 1.13 bits per heavy atom. The van der Waals surface area contributed by atoms with Crippen molar-refractivity contribution in [2.45, 2.75) is 44.6 Å². The van der Waals surface area contributed by atoms with Crippen LogP contribution in [-0.2, 0) is 12.8 Å². The largest absolute Gasteiger partial charge is 0.370 e. The quantitative estimate of drug-likeness (QED) is 0.670. The molecule has 0 aromatic heterocycles. The van der Waals surface area contributed by atoms with Crippen molar-refractivity contribution in [1.82, 2.24) is 0 Å². The first kappa shape index (κ1) is 14.3. The van der Waals surface area contributed by atoms with Gasteiger partial charge in [0.25, 0.3) is 0 Å². The average Bonchev–Trinajstić information content (AvgIpc) is 3.12. The molecule has 2 aromatic carbocycles. The molecule has 2 aliphatic carbocycles. The zero-order valence-electron chi connectivity index (χ0n) is 13.5. The SMILES string of the molecule is Cc1ccccc1C1CC1N=C(N)Nc1ccc2c(c1)CCC2. The van der Waals surface area contributed by atoms with Gasteiger partial charge in [0.15, 0.2) is 5.96 Å². The molecule has 0 saturated heterocycles. The summed E-state index contributed by atoms with van der Waals surface area (Å²) in [4.78, 5) is 4.66. The van der Waals surface area contributed by atoms with Gasteiger partial charge in [-0.05, 0) is 67.0 Å². The Balaban J connectivity index is 1.43. The van der Waals surface area contributed by atoms with E-state index in [1.165, 1.54) is 41.5 Å².